The van der Waals surface area contributed by atoms with Crippen LogP contribution in [0.4, 0.5) is 24.0 Å². The second-order valence-electron chi connectivity index (χ2n) is 25.4. The Hall–Kier alpha value is -4.92. The molecule has 4 rings (SSSR count). The van der Waals surface area contributed by atoms with E-state index in [1.807, 2.05) is 0 Å². The lowest BCUT2D eigenvalue weighted by Gasteiger charge is -2.52. The van der Waals surface area contributed by atoms with Gasteiger partial charge < -0.3 is 94.7 Å². The summed E-state index contributed by atoms with van der Waals surface area (Å²) in [6, 6.07) is -4.95. The van der Waals surface area contributed by atoms with Gasteiger partial charge in [-0.2, -0.15) is 0 Å². The lowest BCUT2D eigenvalue weighted by molar-refractivity contribution is -0.305. The number of alkyl carbamates (subject to hydrolysis) is 3. The molecule has 1 unspecified atom stereocenters. The van der Waals surface area contributed by atoms with Gasteiger partial charge in [-0.05, 0) is 130 Å². The van der Waals surface area contributed by atoms with Crippen LogP contribution >= 0.6 is 0 Å². The molecule has 3 heterocycles. The first-order valence-electron chi connectivity index (χ1n) is 25.9. The van der Waals surface area contributed by atoms with Crippen LogP contribution < -0.4 is 26.6 Å². The summed E-state index contributed by atoms with van der Waals surface area (Å²) < 4.78 is 46.8. The van der Waals surface area contributed by atoms with E-state index in [-0.39, 0.29) is 25.3 Å². The van der Waals surface area contributed by atoms with Gasteiger partial charge >= 0.3 is 30.5 Å². The highest BCUT2D eigenvalue weighted by atomic mass is 16.7. The van der Waals surface area contributed by atoms with Gasteiger partial charge in [0, 0.05) is 44.6 Å². The molecule has 0 spiro atoms. The van der Waals surface area contributed by atoms with Crippen molar-refractivity contribution in [1.29, 1.82) is 0 Å². The van der Waals surface area contributed by atoms with E-state index in [2.05, 4.69) is 26.6 Å². The number of nitrogens with one attached hydrogen (secondary N) is 5. The number of likely N-dealkylation sites (N-methyl/N-ethyl adjacent to an activating group) is 1. The Morgan fingerprint density at radius 3 is 1.82 bits per heavy atom. The van der Waals surface area contributed by atoms with E-state index in [1.165, 1.54) is 14.0 Å². The molecular weight excluding hydrogens is 999 g/mol. The number of likely N-dealkylation sites (tertiary alicyclic amines) is 1. The van der Waals surface area contributed by atoms with Crippen LogP contribution in [0.3, 0.4) is 0 Å². The summed E-state index contributed by atoms with van der Waals surface area (Å²) >= 11 is 0. The molecule has 25 heteroatoms. The Morgan fingerprint density at radius 2 is 1.28 bits per heavy atom. The predicted molar refractivity (Wildman–Crippen MR) is 273 cm³/mol. The molecule has 3 fully saturated rings. The molecule has 1 aliphatic carbocycles. The van der Waals surface area contributed by atoms with Crippen LogP contribution in [-0.4, -0.2) is 208 Å². The molecular formula is C51H89N7O18. The second kappa shape index (κ2) is 24.8. The van der Waals surface area contributed by atoms with Crippen LogP contribution in [0.5, 0.6) is 0 Å². The Labute approximate surface area is 447 Å². The van der Waals surface area contributed by atoms with Crippen LogP contribution in [0, 0.1) is 11.8 Å². The highest BCUT2D eigenvalue weighted by Gasteiger charge is 2.57. The van der Waals surface area contributed by atoms with Gasteiger partial charge in [-0.15, -0.1) is 0 Å². The van der Waals surface area contributed by atoms with Crippen molar-refractivity contribution in [1.82, 2.24) is 36.4 Å². The van der Waals surface area contributed by atoms with Crippen molar-refractivity contribution in [2.24, 2.45) is 11.8 Å². The first kappa shape index (κ1) is 63.6. The molecule has 436 valence electrons. The molecule has 0 aromatic heterocycles. The van der Waals surface area contributed by atoms with Crippen molar-refractivity contribution in [3.63, 3.8) is 0 Å². The maximum absolute atomic E-state index is 13.9. The van der Waals surface area contributed by atoms with Crippen LogP contribution in [0.1, 0.15) is 124 Å². The SMILES string of the molecule is CN(C(=O)OC(C)(C)C)[C@@H]1[C@@H](O)[C@@H](O[C@H]2[C@H](NC(=O)[C@@H](O)CNC(=O)OC(C)(C)C)C[C@H](NC(=O)OC(C)(C)C)C([C@H]3OC(CNCC4CN(C(=O)OC(C)(C)C)C4)=CC[C@H]3NC(=O)OC(C)(C)C)[C@@H]2O)OC[C@]1(C)O. The monoisotopic (exact) mass is 1090 g/mol. The first-order chi connectivity index (χ1) is 34.6. The zero-order valence-corrected chi connectivity index (χ0v) is 47.6. The molecule has 9 N–H and O–H groups in total. The van der Waals surface area contributed by atoms with Crippen molar-refractivity contribution in [2.45, 2.75) is 218 Å². The Kier molecular flexibility index (Phi) is 20.8. The molecule has 12 atom stereocenters. The topological polar surface area (TPSA) is 324 Å². The summed E-state index contributed by atoms with van der Waals surface area (Å²) in [5.41, 5.74) is -6.33. The Balaban J connectivity index is 1.76. The van der Waals surface area contributed by atoms with Gasteiger partial charge in [0.25, 0.3) is 5.91 Å². The second-order valence-corrected chi connectivity index (χ2v) is 25.4. The number of carbonyl (C=O) groups excluding carboxylic acids is 6. The third-order valence-corrected chi connectivity index (χ3v) is 12.1. The number of aliphatic hydroxyl groups excluding tert-OH is 3. The Bertz CT molecular complexity index is 2050. The predicted octanol–water partition coefficient (Wildman–Crippen LogP) is 2.74. The fraction of sp³-hybridized carbons (Fsp3) is 0.843. The minimum absolute atomic E-state index is 0.0953. The van der Waals surface area contributed by atoms with Crippen LogP contribution in [0.15, 0.2) is 11.8 Å². The zero-order chi connectivity index (χ0) is 57.7. The van der Waals surface area contributed by atoms with E-state index in [0.29, 0.717) is 25.4 Å². The minimum Gasteiger partial charge on any atom is -0.491 e. The van der Waals surface area contributed by atoms with Gasteiger partial charge in [-0.3, -0.25) is 4.79 Å². The van der Waals surface area contributed by atoms with E-state index in [9.17, 15) is 49.2 Å². The summed E-state index contributed by atoms with van der Waals surface area (Å²) in [5.74, 6) is -1.83. The van der Waals surface area contributed by atoms with Crippen LogP contribution in [0.25, 0.3) is 0 Å². The maximum Gasteiger partial charge on any atom is 0.410 e. The summed E-state index contributed by atoms with van der Waals surface area (Å²) in [5, 5.41) is 61.8. The number of nitrogens with zero attached hydrogens (tertiary/aromatic N) is 2. The Morgan fingerprint density at radius 1 is 0.750 bits per heavy atom. The van der Waals surface area contributed by atoms with E-state index < -0.39 is 150 Å². The van der Waals surface area contributed by atoms with E-state index in [0.717, 1.165) is 4.90 Å². The minimum atomic E-state index is -1.90. The number of ether oxygens (including phenoxy) is 8. The van der Waals surface area contributed by atoms with E-state index in [1.54, 1.807) is 115 Å². The summed E-state index contributed by atoms with van der Waals surface area (Å²) in [6.07, 6.45) is -12.5. The quantitative estimate of drug-likeness (QED) is 0.113. The molecule has 0 bridgehead atoms. The van der Waals surface area contributed by atoms with Crippen molar-refractivity contribution in [3.8, 4) is 0 Å². The average Bonchev–Trinajstić information content (AvgIpc) is 3.20. The third-order valence-electron chi connectivity index (χ3n) is 12.1. The lowest BCUT2D eigenvalue weighted by Crippen LogP contribution is -2.71. The molecule has 2 saturated heterocycles. The highest BCUT2D eigenvalue weighted by Crippen LogP contribution is 2.39. The smallest absolute Gasteiger partial charge is 0.410 e. The number of hydrogen-bond donors (Lipinski definition) is 9. The molecule has 0 radical (unpaired) electrons. The number of aliphatic hydroxyl groups is 4. The maximum atomic E-state index is 13.9. The highest BCUT2D eigenvalue weighted by molar-refractivity contribution is 5.82. The molecule has 25 nitrogen and oxygen atoms in total. The summed E-state index contributed by atoms with van der Waals surface area (Å²) in [4.78, 5) is 82.4. The van der Waals surface area contributed by atoms with Gasteiger partial charge in [-0.25, -0.2) is 24.0 Å². The van der Waals surface area contributed by atoms with Crippen LogP contribution in [-0.2, 0) is 42.7 Å². The molecule has 3 aliphatic heterocycles. The molecule has 1 saturated carbocycles. The van der Waals surface area contributed by atoms with Gasteiger partial charge in [0.1, 0.15) is 63.8 Å². The third kappa shape index (κ3) is 19.5. The van der Waals surface area contributed by atoms with Gasteiger partial charge in [0.15, 0.2) is 6.29 Å². The molecule has 6 amide bonds. The normalized spacial score (nSPS) is 29.0. The van der Waals surface area contributed by atoms with Crippen molar-refractivity contribution in [3.05, 3.63) is 11.8 Å². The molecule has 0 aromatic rings. The first-order valence-corrected chi connectivity index (χ1v) is 25.9. The number of amides is 6. The molecule has 4 aliphatic rings. The van der Waals surface area contributed by atoms with Crippen molar-refractivity contribution < 1.29 is 87.1 Å². The van der Waals surface area contributed by atoms with Gasteiger partial charge in [0.05, 0.1) is 43.9 Å². The largest absolute Gasteiger partial charge is 0.491 e. The fourth-order valence-electron chi connectivity index (χ4n) is 9.13. The average molecular weight is 1090 g/mol. The zero-order valence-electron chi connectivity index (χ0n) is 47.6. The molecule has 76 heavy (non-hydrogen) atoms. The summed E-state index contributed by atoms with van der Waals surface area (Å²) in [7, 11) is 1.32. The standard InChI is InChI=1S/C51H89N7O18/c1-46(2,3)72-41(63)53-23-32(59)39(62)54-31-20-30(56-43(65)74-48(7,8)9)33(34(60)37(31)71-40-35(61)38(51(16,68)26-69-40)57(17)44(66)75-49(10,11)12)36-29(55-42(64)73-47(4,5)6)19-18-28(70-36)22-52-21-27-24-58(25-27)45(67)76-50(13,14)15/h18,27,29-38,40,52,59-61,68H,19-26H2,1-17H3,(H,53,63)(H,54,62)(H,55,64)(H,56,65)/t29-,30+,31-,32+,33?,34+,35-,36+,37+,38-,40-,51+/m1/s1. The number of rotatable bonds is 14. The van der Waals surface area contributed by atoms with Gasteiger partial charge in [-0.1, -0.05) is 0 Å². The molecule has 0 aromatic carbocycles. The lowest BCUT2D eigenvalue weighted by atomic mass is 9.72. The van der Waals surface area contributed by atoms with Crippen LogP contribution in [0.2, 0.25) is 0 Å². The van der Waals surface area contributed by atoms with Crippen molar-refractivity contribution in [2.75, 3.05) is 46.4 Å². The van der Waals surface area contributed by atoms with Crippen molar-refractivity contribution >= 4 is 36.4 Å². The van der Waals surface area contributed by atoms with E-state index in [4.69, 9.17) is 37.9 Å². The number of carbonyl (C=O) groups is 6. The van der Waals surface area contributed by atoms with Gasteiger partial charge in [0.2, 0.25) is 0 Å². The van der Waals surface area contributed by atoms with E-state index >= 15 is 0 Å². The number of hydrogen-bond acceptors (Lipinski definition) is 19. The fourth-order valence-corrected chi connectivity index (χ4v) is 9.13. The summed E-state index contributed by atoms with van der Waals surface area (Å²) in [6.45, 7) is 27.0.